The van der Waals surface area contributed by atoms with Gasteiger partial charge in [0.25, 0.3) is 0 Å². The first-order valence-corrected chi connectivity index (χ1v) is 5.82. The van der Waals surface area contributed by atoms with Crippen molar-refractivity contribution in [2.24, 2.45) is 0 Å². The summed E-state index contributed by atoms with van der Waals surface area (Å²) in [5, 5.41) is 8.99. The summed E-state index contributed by atoms with van der Waals surface area (Å²) in [4.78, 5) is 11.6. The van der Waals surface area contributed by atoms with Crippen molar-refractivity contribution in [2.75, 3.05) is 6.61 Å². The van der Waals surface area contributed by atoms with Gasteiger partial charge in [0.05, 0.1) is 17.7 Å². The lowest BCUT2D eigenvalue weighted by Gasteiger charge is -2.12. The van der Waals surface area contributed by atoms with Crippen molar-refractivity contribution >= 4 is 17.6 Å². The highest BCUT2D eigenvalue weighted by atomic mass is 35.5. The van der Waals surface area contributed by atoms with Gasteiger partial charge in [0.15, 0.2) is 0 Å². The number of hydrogen-bond acceptors (Lipinski definition) is 4. The fraction of sp³-hybridized carbons (Fsp3) is 0.333. The van der Waals surface area contributed by atoms with E-state index in [1.165, 1.54) is 6.07 Å². The van der Waals surface area contributed by atoms with E-state index < -0.39 is 12.6 Å². The minimum atomic E-state index is -3.07. The molecule has 0 bridgehead atoms. The van der Waals surface area contributed by atoms with Gasteiger partial charge in [-0.1, -0.05) is 0 Å². The monoisotopic (exact) mass is 289 g/mol. The number of carbonyl (C=O) groups excluding carboxylic acids is 1. The van der Waals surface area contributed by atoms with Crippen molar-refractivity contribution in [1.82, 2.24) is 0 Å². The van der Waals surface area contributed by atoms with Crippen molar-refractivity contribution in [3.05, 3.63) is 28.8 Å². The zero-order valence-electron chi connectivity index (χ0n) is 9.95. The summed E-state index contributed by atoms with van der Waals surface area (Å²) in [6.07, 6.45) is 0. The Morgan fingerprint density at radius 3 is 2.68 bits per heavy atom. The van der Waals surface area contributed by atoms with Crippen LogP contribution in [0.15, 0.2) is 12.1 Å². The van der Waals surface area contributed by atoms with E-state index in [1.807, 2.05) is 0 Å². The molecule has 0 saturated carbocycles. The summed E-state index contributed by atoms with van der Waals surface area (Å²) in [6.45, 7) is -1.29. The molecule has 102 valence electrons. The maximum absolute atomic E-state index is 12.2. The van der Waals surface area contributed by atoms with Crippen LogP contribution >= 0.6 is 11.6 Å². The average molecular weight is 290 g/mol. The standard InChI is InChI=1S/C12H10ClF2NO3/c1-2-18-11(17)7-3-4-10(19-12(14)15)9(6-16)8(7)5-13/h3-4,12H,2,5H2,1H3. The highest BCUT2D eigenvalue weighted by Crippen LogP contribution is 2.28. The molecule has 0 radical (unpaired) electrons. The van der Waals surface area contributed by atoms with E-state index in [2.05, 4.69) is 4.74 Å². The molecule has 0 aliphatic carbocycles. The summed E-state index contributed by atoms with van der Waals surface area (Å²) in [6, 6.07) is 4.07. The second kappa shape index (κ2) is 6.90. The number of esters is 1. The van der Waals surface area contributed by atoms with E-state index >= 15 is 0 Å². The van der Waals surface area contributed by atoms with Crippen LogP contribution in [0.1, 0.15) is 28.4 Å². The second-order valence-corrected chi connectivity index (χ2v) is 3.58. The quantitative estimate of drug-likeness (QED) is 0.617. The number of ether oxygens (including phenoxy) is 2. The molecule has 0 amide bonds. The summed E-state index contributed by atoms with van der Waals surface area (Å²) >= 11 is 5.67. The summed E-state index contributed by atoms with van der Waals surface area (Å²) in [5.41, 5.74) is -0.0170. The van der Waals surface area contributed by atoms with Crippen LogP contribution in [-0.4, -0.2) is 19.2 Å². The molecule has 1 aromatic carbocycles. The molecule has 0 spiro atoms. The Morgan fingerprint density at radius 2 is 2.21 bits per heavy atom. The second-order valence-electron chi connectivity index (χ2n) is 3.31. The van der Waals surface area contributed by atoms with Crippen molar-refractivity contribution < 1.29 is 23.0 Å². The summed E-state index contributed by atoms with van der Waals surface area (Å²) in [7, 11) is 0. The van der Waals surface area contributed by atoms with Crippen LogP contribution in [0.25, 0.3) is 0 Å². The lowest BCUT2D eigenvalue weighted by Crippen LogP contribution is -2.11. The predicted octanol–water partition coefficient (Wildman–Crippen LogP) is 3.08. The number of benzene rings is 1. The van der Waals surface area contributed by atoms with Gasteiger partial charge < -0.3 is 9.47 Å². The molecule has 0 aromatic heterocycles. The lowest BCUT2D eigenvalue weighted by atomic mass is 10.0. The van der Waals surface area contributed by atoms with E-state index in [1.54, 1.807) is 13.0 Å². The Bertz CT molecular complexity index is 514. The Morgan fingerprint density at radius 1 is 1.53 bits per heavy atom. The Labute approximate surface area is 113 Å². The van der Waals surface area contributed by atoms with Crippen molar-refractivity contribution in [3.63, 3.8) is 0 Å². The van der Waals surface area contributed by atoms with E-state index in [4.69, 9.17) is 21.6 Å². The van der Waals surface area contributed by atoms with Gasteiger partial charge in [-0.2, -0.15) is 14.0 Å². The average Bonchev–Trinajstić information content (AvgIpc) is 2.37. The van der Waals surface area contributed by atoms with Crippen LogP contribution in [0.5, 0.6) is 5.75 Å². The highest BCUT2D eigenvalue weighted by Gasteiger charge is 2.20. The number of rotatable bonds is 5. The third kappa shape index (κ3) is 3.55. The van der Waals surface area contributed by atoms with Gasteiger partial charge in [0.1, 0.15) is 11.8 Å². The van der Waals surface area contributed by atoms with Gasteiger partial charge in [-0.15, -0.1) is 11.6 Å². The molecule has 1 aromatic rings. The van der Waals surface area contributed by atoms with E-state index in [0.717, 1.165) is 6.07 Å². The fourth-order valence-corrected chi connectivity index (χ4v) is 1.76. The van der Waals surface area contributed by atoms with E-state index in [0.29, 0.717) is 0 Å². The predicted molar refractivity (Wildman–Crippen MR) is 63.3 cm³/mol. The fourth-order valence-electron chi connectivity index (χ4n) is 1.48. The van der Waals surface area contributed by atoms with Gasteiger partial charge in [0, 0.05) is 11.4 Å². The molecule has 7 heteroatoms. The minimum Gasteiger partial charge on any atom is -0.462 e. The maximum atomic E-state index is 12.2. The van der Waals surface area contributed by atoms with Crippen LogP contribution in [0.3, 0.4) is 0 Å². The van der Waals surface area contributed by atoms with Crippen LogP contribution in [0, 0.1) is 11.3 Å². The van der Waals surface area contributed by atoms with Crippen molar-refractivity contribution in [3.8, 4) is 11.8 Å². The van der Waals surface area contributed by atoms with Gasteiger partial charge in [-0.3, -0.25) is 0 Å². The lowest BCUT2D eigenvalue weighted by molar-refractivity contribution is -0.0500. The zero-order chi connectivity index (χ0) is 14.4. The molecular formula is C12H10ClF2NO3. The number of halogens is 3. The zero-order valence-corrected chi connectivity index (χ0v) is 10.7. The molecule has 0 aliphatic heterocycles. The van der Waals surface area contributed by atoms with Gasteiger partial charge in [0.2, 0.25) is 0 Å². The van der Waals surface area contributed by atoms with E-state index in [-0.39, 0.29) is 34.9 Å². The number of alkyl halides is 3. The molecule has 0 unspecified atom stereocenters. The SMILES string of the molecule is CCOC(=O)c1ccc(OC(F)F)c(C#N)c1CCl. The number of nitriles is 1. The number of nitrogens with zero attached hydrogens (tertiary/aromatic N) is 1. The molecule has 0 aliphatic rings. The maximum Gasteiger partial charge on any atom is 0.387 e. The molecule has 0 N–H and O–H groups in total. The largest absolute Gasteiger partial charge is 0.462 e. The third-order valence-corrected chi connectivity index (χ3v) is 2.50. The topological polar surface area (TPSA) is 59.3 Å². The molecule has 0 fully saturated rings. The van der Waals surface area contributed by atoms with Crippen LogP contribution in [0.4, 0.5) is 8.78 Å². The minimum absolute atomic E-state index is 0.0648. The van der Waals surface area contributed by atoms with Gasteiger partial charge in [-0.05, 0) is 19.1 Å². The molecular weight excluding hydrogens is 280 g/mol. The summed E-state index contributed by atoms with van der Waals surface area (Å²) in [5.74, 6) is -1.18. The number of hydrogen-bond donors (Lipinski definition) is 0. The first-order valence-electron chi connectivity index (χ1n) is 5.29. The molecule has 0 heterocycles. The smallest absolute Gasteiger partial charge is 0.387 e. The molecule has 19 heavy (non-hydrogen) atoms. The van der Waals surface area contributed by atoms with Crippen LogP contribution in [-0.2, 0) is 10.6 Å². The normalized spacial score (nSPS) is 10.1. The molecule has 4 nitrogen and oxygen atoms in total. The molecule has 0 saturated heterocycles. The van der Waals surface area contributed by atoms with Crippen LogP contribution < -0.4 is 4.74 Å². The van der Waals surface area contributed by atoms with Crippen LogP contribution in [0.2, 0.25) is 0 Å². The first-order chi connectivity index (χ1) is 9.04. The first kappa shape index (κ1) is 15.2. The summed E-state index contributed by atoms with van der Waals surface area (Å²) < 4.78 is 33.4. The van der Waals surface area contributed by atoms with Crippen molar-refractivity contribution in [2.45, 2.75) is 19.4 Å². The third-order valence-electron chi connectivity index (χ3n) is 2.23. The Balaban J connectivity index is 3.31. The molecule has 0 atom stereocenters. The number of carbonyl (C=O) groups is 1. The van der Waals surface area contributed by atoms with Gasteiger partial charge >= 0.3 is 12.6 Å². The Kier molecular flexibility index (Phi) is 5.52. The Hall–Kier alpha value is -1.87. The highest BCUT2D eigenvalue weighted by molar-refractivity contribution is 6.18. The van der Waals surface area contributed by atoms with E-state index in [9.17, 15) is 13.6 Å². The van der Waals surface area contributed by atoms with Crippen molar-refractivity contribution in [1.29, 1.82) is 5.26 Å². The van der Waals surface area contributed by atoms with Gasteiger partial charge in [-0.25, -0.2) is 4.79 Å². The molecule has 1 rings (SSSR count).